The summed E-state index contributed by atoms with van der Waals surface area (Å²) >= 11 is 6.27. The summed E-state index contributed by atoms with van der Waals surface area (Å²) in [6.45, 7) is 1.20. The molecule has 2 aromatic carbocycles. The number of anilines is 1. The largest absolute Gasteiger partial charge is 0.422 e. The van der Waals surface area contributed by atoms with E-state index >= 15 is 0 Å². The van der Waals surface area contributed by atoms with Gasteiger partial charge in [0.15, 0.2) is 5.75 Å². The molecule has 1 amide bonds. The second-order valence-electron chi connectivity index (χ2n) is 7.17. The van der Waals surface area contributed by atoms with Crippen molar-refractivity contribution in [2.24, 2.45) is 0 Å². The van der Waals surface area contributed by atoms with Crippen molar-refractivity contribution in [3.05, 3.63) is 68.5 Å². The number of hydrogen-bond acceptors (Lipinski definition) is 7. The zero-order chi connectivity index (χ0) is 24.3. The van der Waals surface area contributed by atoms with Crippen molar-refractivity contribution in [3.8, 4) is 5.75 Å². The first-order chi connectivity index (χ1) is 15.5. The second-order valence-corrected chi connectivity index (χ2v) is 9.19. The maximum absolute atomic E-state index is 12.7. The summed E-state index contributed by atoms with van der Waals surface area (Å²) in [5.74, 6) is -0.0192. The van der Waals surface area contributed by atoms with E-state index in [1.54, 1.807) is 31.2 Å². The minimum atomic E-state index is -3.68. The number of aliphatic hydroxyl groups excluding tert-OH is 1. The molecule has 3 N–H and O–H groups in total. The van der Waals surface area contributed by atoms with Crippen molar-refractivity contribution in [2.45, 2.75) is 13.3 Å². The van der Waals surface area contributed by atoms with Gasteiger partial charge in [-0.05, 0) is 36.2 Å². The summed E-state index contributed by atoms with van der Waals surface area (Å²) in [7, 11) is -1.05. The lowest BCUT2D eigenvalue weighted by Crippen LogP contribution is -2.30. The Hall–Kier alpha value is -3.12. The first-order valence-electron chi connectivity index (χ1n) is 9.64. The highest BCUT2D eigenvalue weighted by atomic mass is 35.5. The minimum absolute atomic E-state index is 0.0192. The normalized spacial score (nSPS) is 11.4. The number of aryl methyl sites for hydroxylation is 1. The quantitative estimate of drug-likeness (QED) is 0.338. The van der Waals surface area contributed by atoms with Gasteiger partial charge in [-0.2, -0.15) is 8.42 Å². The molecule has 0 unspecified atom stereocenters. The van der Waals surface area contributed by atoms with Crippen molar-refractivity contribution in [3.63, 3.8) is 0 Å². The van der Waals surface area contributed by atoms with Gasteiger partial charge in [-0.25, -0.2) is 14.3 Å². The number of aliphatic hydroxyl groups is 1. The Balaban J connectivity index is 1.97. The van der Waals surface area contributed by atoms with Crippen LogP contribution in [0, 0.1) is 6.92 Å². The fraction of sp³-hybridized carbons (Fsp3) is 0.238. The summed E-state index contributed by atoms with van der Waals surface area (Å²) in [5, 5.41) is 9.70. The number of hydrogen-bond donors (Lipinski definition) is 3. The van der Waals surface area contributed by atoms with Gasteiger partial charge in [-0.1, -0.05) is 23.7 Å². The molecule has 0 radical (unpaired) electrons. The molecule has 0 spiro atoms. The Kier molecular flexibility index (Phi) is 7.28. The number of carbonyl (C=O) groups is 1. The molecule has 176 valence electrons. The van der Waals surface area contributed by atoms with Crippen molar-refractivity contribution in [1.82, 2.24) is 9.62 Å². The highest BCUT2D eigenvalue weighted by molar-refractivity contribution is 7.90. The molecule has 0 atom stereocenters. The van der Waals surface area contributed by atoms with Crippen molar-refractivity contribution in [1.29, 1.82) is 0 Å². The van der Waals surface area contributed by atoms with Gasteiger partial charge in [0.2, 0.25) is 0 Å². The number of ether oxygens (including phenoxy) is 1. The highest BCUT2D eigenvalue weighted by Gasteiger charge is 2.18. The smallest absolute Gasteiger partial charge is 0.416 e. The second kappa shape index (κ2) is 9.79. The van der Waals surface area contributed by atoms with Crippen molar-refractivity contribution < 1.29 is 27.5 Å². The Morgan fingerprint density at radius 1 is 1.27 bits per heavy atom. The van der Waals surface area contributed by atoms with E-state index in [1.807, 2.05) is 0 Å². The average molecular weight is 496 g/mol. The molecule has 12 heteroatoms. The SMILES string of the molecule is CNS(=O)(=O)Nc1cccc(Cc2c(C)c3cc(Cl)c(OC(=O)N(C)CO)cc3oc2=O)c1. The standard InChI is InChI=1S/C21H22ClN3O7S/c1-12-15-9-17(22)19(32-21(28)25(3)11-26)10-18(15)31-20(27)16(12)8-13-5-4-6-14(7-13)24-33(29,30)23-2/h4-7,9-10,23-24,26H,8,11H2,1-3H3. The van der Waals surface area contributed by atoms with Gasteiger partial charge in [0.1, 0.15) is 12.3 Å². The molecule has 0 saturated heterocycles. The number of nitrogens with zero attached hydrogens (tertiary/aromatic N) is 1. The van der Waals surface area contributed by atoms with Crippen LogP contribution in [0.2, 0.25) is 5.02 Å². The third-order valence-electron chi connectivity index (χ3n) is 4.89. The van der Waals surface area contributed by atoms with E-state index in [1.165, 1.54) is 26.2 Å². The molecule has 3 rings (SSSR count). The van der Waals surface area contributed by atoms with E-state index in [0.717, 1.165) is 4.90 Å². The van der Waals surface area contributed by atoms with Gasteiger partial charge in [-0.15, -0.1) is 0 Å². The maximum atomic E-state index is 12.7. The first kappa shape index (κ1) is 24.5. The van der Waals surface area contributed by atoms with Crippen LogP contribution in [0.4, 0.5) is 10.5 Å². The summed E-state index contributed by atoms with van der Waals surface area (Å²) < 4.78 is 38.6. The minimum Gasteiger partial charge on any atom is -0.422 e. The van der Waals surface area contributed by atoms with E-state index in [9.17, 15) is 18.0 Å². The lowest BCUT2D eigenvalue weighted by atomic mass is 9.99. The zero-order valence-corrected chi connectivity index (χ0v) is 19.6. The fourth-order valence-corrected chi connectivity index (χ4v) is 3.80. The molecule has 0 fully saturated rings. The number of benzene rings is 2. The predicted octanol–water partition coefficient (Wildman–Crippen LogP) is 2.60. The van der Waals surface area contributed by atoms with Crippen molar-refractivity contribution in [2.75, 3.05) is 25.5 Å². The molecule has 0 saturated carbocycles. The Bertz CT molecular complexity index is 1370. The molecule has 10 nitrogen and oxygen atoms in total. The number of carbonyl (C=O) groups excluding carboxylic acids is 1. The Labute approximate surface area is 194 Å². The van der Waals surface area contributed by atoms with E-state index in [4.69, 9.17) is 25.9 Å². The van der Waals surface area contributed by atoms with E-state index in [0.29, 0.717) is 27.8 Å². The van der Waals surface area contributed by atoms with Gasteiger partial charge >= 0.3 is 11.7 Å². The molecular weight excluding hydrogens is 474 g/mol. The third kappa shape index (κ3) is 5.63. The van der Waals surface area contributed by atoms with Gasteiger partial charge in [0.25, 0.3) is 10.2 Å². The van der Waals surface area contributed by atoms with Crippen LogP contribution in [0.25, 0.3) is 11.0 Å². The van der Waals surface area contributed by atoms with Crippen LogP contribution < -0.4 is 19.8 Å². The summed E-state index contributed by atoms with van der Waals surface area (Å²) in [5.41, 5.74) is 1.60. The van der Waals surface area contributed by atoms with Crippen LogP contribution in [0.3, 0.4) is 0 Å². The van der Waals surface area contributed by atoms with Gasteiger partial charge in [0.05, 0.1) is 10.7 Å². The molecule has 0 aliphatic rings. The molecular formula is C21H22ClN3O7S. The van der Waals surface area contributed by atoms with E-state index in [-0.39, 0.29) is 22.8 Å². The maximum Gasteiger partial charge on any atom is 0.416 e. The number of halogens is 1. The molecule has 0 aliphatic carbocycles. The number of fused-ring (bicyclic) bond motifs is 1. The zero-order valence-electron chi connectivity index (χ0n) is 18.0. The average Bonchev–Trinajstić information content (AvgIpc) is 2.77. The monoisotopic (exact) mass is 495 g/mol. The van der Waals surface area contributed by atoms with Crippen LogP contribution >= 0.6 is 11.6 Å². The number of amides is 1. The van der Waals surface area contributed by atoms with Crippen LogP contribution in [0.5, 0.6) is 5.75 Å². The summed E-state index contributed by atoms with van der Waals surface area (Å²) in [6.07, 6.45) is -0.641. The van der Waals surface area contributed by atoms with Gasteiger partial charge in [0, 0.05) is 37.5 Å². The Morgan fingerprint density at radius 2 is 2.00 bits per heavy atom. The fourth-order valence-electron chi connectivity index (χ4n) is 3.06. The Morgan fingerprint density at radius 3 is 2.67 bits per heavy atom. The van der Waals surface area contributed by atoms with Crippen LogP contribution in [0.15, 0.2) is 45.6 Å². The topological polar surface area (TPSA) is 138 Å². The third-order valence-corrected chi connectivity index (χ3v) is 6.23. The molecule has 0 bridgehead atoms. The van der Waals surface area contributed by atoms with Gasteiger partial charge < -0.3 is 14.3 Å². The van der Waals surface area contributed by atoms with Crippen molar-refractivity contribution >= 4 is 44.6 Å². The lowest BCUT2D eigenvalue weighted by molar-refractivity contribution is 0.110. The molecule has 33 heavy (non-hydrogen) atoms. The van der Waals surface area contributed by atoms with E-state index in [2.05, 4.69) is 9.44 Å². The number of nitrogens with one attached hydrogen (secondary N) is 2. The highest BCUT2D eigenvalue weighted by Crippen LogP contribution is 2.32. The lowest BCUT2D eigenvalue weighted by Gasteiger charge is -2.15. The summed E-state index contributed by atoms with van der Waals surface area (Å²) in [6, 6.07) is 9.50. The molecule has 1 aromatic heterocycles. The van der Waals surface area contributed by atoms with E-state index < -0.39 is 28.7 Å². The molecule has 0 aliphatic heterocycles. The molecule has 1 heterocycles. The molecule has 3 aromatic rings. The predicted molar refractivity (Wildman–Crippen MR) is 124 cm³/mol. The van der Waals surface area contributed by atoms with Crippen LogP contribution in [0.1, 0.15) is 16.7 Å². The van der Waals surface area contributed by atoms with Gasteiger partial charge in [-0.3, -0.25) is 9.62 Å². The summed E-state index contributed by atoms with van der Waals surface area (Å²) in [4.78, 5) is 25.6. The van der Waals surface area contributed by atoms with Crippen LogP contribution in [-0.2, 0) is 16.6 Å². The van der Waals surface area contributed by atoms with Crippen LogP contribution in [-0.4, -0.2) is 45.3 Å². The first-order valence-corrected chi connectivity index (χ1v) is 11.5. The number of rotatable bonds is 7.